The Morgan fingerprint density at radius 1 is 1.43 bits per heavy atom. The summed E-state index contributed by atoms with van der Waals surface area (Å²) >= 11 is 0. The SMILES string of the molecule is CC(=O)Nc1cc(C(=O)N2CCCC(C(=O)O)C2)ccn1. The van der Waals surface area contributed by atoms with Crippen molar-refractivity contribution in [3.05, 3.63) is 23.9 Å². The van der Waals surface area contributed by atoms with E-state index in [1.165, 1.54) is 24.1 Å². The summed E-state index contributed by atoms with van der Waals surface area (Å²) in [5.41, 5.74) is 0.389. The number of carboxylic acids is 1. The highest BCUT2D eigenvalue weighted by atomic mass is 16.4. The van der Waals surface area contributed by atoms with Gasteiger partial charge in [-0.2, -0.15) is 0 Å². The lowest BCUT2D eigenvalue weighted by Gasteiger charge is -2.30. The van der Waals surface area contributed by atoms with E-state index >= 15 is 0 Å². The Bertz CT molecular complexity index is 573. The predicted octanol–water partition coefficient (Wildman–Crippen LogP) is 0.977. The highest BCUT2D eigenvalue weighted by molar-refractivity contribution is 5.96. The summed E-state index contributed by atoms with van der Waals surface area (Å²) in [6, 6.07) is 3.05. The summed E-state index contributed by atoms with van der Waals surface area (Å²) in [5.74, 6) is -1.59. The van der Waals surface area contributed by atoms with Gasteiger partial charge in [-0.05, 0) is 25.0 Å². The van der Waals surface area contributed by atoms with Gasteiger partial charge in [0.25, 0.3) is 5.91 Å². The first-order valence-electron chi connectivity index (χ1n) is 6.73. The van der Waals surface area contributed by atoms with Crippen molar-refractivity contribution in [2.45, 2.75) is 19.8 Å². The van der Waals surface area contributed by atoms with Crippen LogP contribution in [0.5, 0.6) is 0 Å². The molecule has 1 aromatic heterocycles. The molecule has 0 aliphatic carbocycles. The normalized spacial score (nSPS) is 18.1. The fourth-order valence-corrected chi connectivity index (χ4v) is 2.36. The topological polar surface area (TPSA) is 99.6 Å². The van der Waals surface area contributed by atoms with Crippen molar-refractivity contribution in [2.75, 3.05) is 18.4 Å². The maximum atomic E-state index is 12.4. The molecule has 1 aliphatic rings. The first kappa shape index (κ1) is 15.0. The number of carboxylic acid groups (broad SMARTS) is 1. The Morgan fingerprint density at radius 3 is 2.86 bits per heavy atom. The van der Waals surface area contributed by atoms with Crippen LogP contribution in [0.2, 0.25) is 0 Å². The number of hydrogen-bond donors (Lipinski definition) is 2. The molecule has 0 saturated carbocycles. The van der Waals surface area contributed by atoms with Gasteiger partial charge in [0.05, 0.1) is 5.92 Å². The second-order valence-corrected chi connectivity index (χ2v) is 5.04. The van der Waals surface area contributed by atoms with Gasteiger partial charge in [0.1, 0.15) is 5.82 Å². The van der Waals surface area contributed by atoms with Gasteiger partial charge >= 0.3 is 5.97 Å². The molecule has 2 heterocycles. The fraction of sp³-hybridized carbons (Fsp3) is 0.429. The molecule has 2 rings (SSSR count). The summed E-state index contributed by atoms with van der Waals surface area (Å²) in [5, 5.41) is 11.6. The third kappa shape index (κ3) is 3.77. The van der Waals surface area contributed by atoms with E-state index in [4.69, 9.17) is 5.11 Å². The number of hydrogen-bond acceptors (Lipinski definition) is 4. The van der Waals surface area contributed by atoms with Crippen molar-refractivity contribution in [1.29, 1.82) is 0 Å². The molecule has 7 heteroatoms. The smallest absolute Gasteiger partial charge is 0.308 e. The van der Waals surface area contributed by atoms with Crippen molar-refractivity contribution in [1.82, 2.24) is 9.88 Å². The molecule has 2 N–H and O–H groups in total. The van der Waals surface area contributed by atoms with Crippen molar-refractivity contribution in [2.24, 2.45) is 5.92 Å². The minimum atomic E-state index is -0.874. The van der Waals surface area contributed by atoms with Crippen LogP contribution in [-0.2, 0) is 9.59 Å². The number of nitrogens with one attached hydrogen (secondary N) is 1. The van der Waals surface area contributed by atoms with Crippen molar-refractivity contribution >= 4 is 23.6 Å². The number of rotatable bonds is 3. The molecule has 112 valence electrons. The van der Waals surface area contributed by atoms with Crippen molar-refractivity contribution < 1.29 is 19.5 Å². The number of anilines is 1. The molecule has 0 aromatic carbocycles. The molecule has 1 saturated heterocycles. The zero-order chi connectivity index (χ0) is 15.4. The van der Waals surface area contributed by atoms with Crippen LogP contribution in [0.15, 0.2) is 18.3 Å². The lowest BCUT2D eigenvalue weighted by Crippen LogP contribution is -2.42. The summed E-state index contributed by atoms with van der Waals surface area (Å²) in [6.45, 7) is 2.12. The average Bonchev–Trinajstić information content (AvgIpc) is 2.46. The van der Waals surface area contributed by atoms with Crippen LogP contribution in [0.1, 0.15) is 30.1 Å². The summed E-state index contributed by atoms with van der Waals surface area (Å²) < 4.78 is 0. The molecule has 2 amide bonds. The molecule has 7 nitrogen and oxygen atoms in total. The molecule has 21 heavy (non-hydrogen) atoms. The Morgan fingerprint density at radius 2 is 2.19 bits per heavy atom. The standard InChI is InChI=1S/C14H17N3O4/c1-9(18)16-12-7-10(4-5-15-12)13(19)17-6-2-3-11(8-17)14(20)21/h4-5,7,11H,2-3,6,8H2,1H3,(H,20,21)(H,15,16,18). The zero-order valence-corrected chi connectivity index (χ0v) is 11.7. The van der Waals surface area contributed by atoms with Gasteiger partial charge in [0.2, 0.25) is 5.91 Å². The van der Waals surface area contributed by atoms with Gasteiger partial charge in [-0.1, -0.05) is 0 Å². The van der Waals surface area contributed by atoms with Gasteiger partial charge in [-0.15, -0.1) is 0 Å². The number of aliphatic carboxylic acids is 1. The molecule has 0 radical (unpaired) electrons. The number of carbonyl (C=O) groups excluding carboxylic acids is 2. The number of pyridine rings is 1. The highest BCUT2D eigenvalue weighted by Crippen LogP contribution is 2.19. The van der Waals surface area contributed by atoms with E-state index in [9.17, 15) is 14.4 Å². The molecular formula is C14H17N3O4. The molecular weight excluding hydrogens is 274 g/mol. The second-order valence-electron chi connectivity index (χ2n) is 5.04. The number of nitrogens with zero attached hydrogens (tertiary/aromatic N) is 2. The van der Waals surface area contributed by atoms with Crippen LogP contribution in [0.3, 0.4) is 0 Å². The van der Waals surface area contributed by atoms with Crippen LogP contribution in [0.25, 0.3) is 0 Å². The van der Waals surface area contributed by atoms with E-state index in [0.717, 1.165) is 0 Å². The third-order valence-corrected chi connectivity index (χ3v) is 3.37. The van der Waals surface area contributed by atoms with E-state index < -0.39 is 11.9 Å². The monoisotopic (exact) mass is 291 g/mol. The quantitative estimate of drug-likeness (QED) is 0.864. The molecule has 0 bridgehead atoms. The number of carbonyl (C=O) groups is 3. The Labute approximate surface area is 122 Å². The Kier molecular flexibility index (Phi) is 4.52. The minimum Gasteiger partial charge on any atom is -0.481 e. The average molecular weight is 291 g/mol. The van der Waals surface area contributed by atoms with Crippen LogP contribution in [0, 0.1) is 5.92 Å². The van der Waals surface area contributed by atoms with Crippen LogP contribution >= 0.6 is 0 Å². The second kappa shape index (κ2) is 6.34. The first-order chi connectivity index (χ1) is 9.97. The molecule has 1 unspecified atom stereocenters. The van der Waals surface area contributed by atoms with Crippen LogP contribution in [0.4, 0.5) is 5.82 Å². The van der Waals surface area contributed by atoms with Gasteiger partial charge in [0, 0.05) is 31.8 Å². The third-order valence-electron chi connectivity index (χ3n) is 3.37. The van der Waals surface area contributed by atoms with Gasteiger partial charge in [-0.25, -0.2) is 4.98 Å². The number of amides is 2. The number of piperidine rings is 1. The van der Waals surface area contributed by atoms with Crippen molar-refractivity contribution in [3.8, 4) is 0 Å². The fourth-order valence-electron chi connectivity index (χ4n) is 2.36. The lowest BCUT2D eigenvalue weighted by atomic mass is 9.98. The Balaban J connectivity index is 2.12. The lowest BCUT2D eigenvalue weighted by molar-refractivity contribution is -0.143. The molecule has 1 atom stereocenters. The van der Waals surface area contributed by atoms with E-state index in [2.05, 4.69) is 10.3 Å². The molecule has 1 aliphatic heterocycles. The van der Waals surface area contributed by atoms with Crippen LogP contribution in [-0.4, -0.2) is 45.9 Å². The summed E-state index contributed by atoms with van der Waals surface area (Å²) in [7, 11) is 0. The first-order valence-corrected chi connectivity index (χ1v) is 6.73. The predicted molar refractivity (Wildman–Crippen MR) is 74.8 cm³/mol. The van der Waals surface area contributed by atoms with Gasteiger partial charge in [0.15, 0.2) is 0 Å². The van der Waals surface area contributed by atoms with Gasteiger partial charge in [-0.3, -0.25) is 14.4 Å². The van der Waals surface area contributed by atoms with E-state index in [0.29, 0.717) is 30.8 Å². The van der Waals surface area contributed by atoms with Crippen LogP contribution < -0.4 is 5.32 Å². The Hall–Kier alpha value is -2.44. The number of aromatic nitrogens is 1. The number of likely N-dealkylation sites (tertiary alicyclic amines) is 1. The summed E-state index contributed by atoms with van der Waals surface area (Å²) in [6.07, 6.45) is 2.70. The maximum absolute atomic E-state index is 12.4. The summed E-state index contributed by atoms with van der Waals surface area (Å²) in [4.78, 5) is 39.9. The maximum Gasteiger partial charge on any atom is 0.308 e. The zero-order valence-electron chi connectivity index (χ0n) is 11.7. The van der Waals surface area contributed by atoms with Crippen molar-refractivity contribution in [3.63, 3.8) is 0 Å². The minimum absolute atomic E-state index is 0.214. The molecule has 1 fully saturated rings. The largest absolute Gasteiger partial charge is 0.481 e. The van der Waals surface area contributed by atoms with Gasteiger partial charge < -0.3 is 15.3 Å². The van der Waals surface area contributed by atoms with E-state index in [1.807, 2.05) is 0 Å². The van der Waals surface area contributed by atoms with E-state index in [1.54, 1.807) is 6.07 Å². The molecule has 0 spiro atoms. The highest BCUT2D eigenvalue weighted by Gasteiger charge is 2.28. The molecule has 1 aromatic rings. The van der Waals surface area contributed by atoms with E-state index in [-0.39, 0.29) is 18.4 Å².